The van der Waals surface area contributed by atoms with Crippen LogP contribution < -0.4 is 0 Å². The van der Waals surface area contributed by atoms with Gasteiger partial charge in [-0.25, -0.2) is 4.52 Å². The maximum atomic E-state index is 4.21. The van der Waals surface area contributed by atoms with E-state index in [-0.39, 0.29) is 0 Å². The topological polar surface area (TPSA) is 23.8 Å². The van der Waals surface area contributed by atoms with E-state index in [1.165, 1.54) is 12.0 Å². The van der Waals surface area contributed by atoms with Gasteiger partial charge in [-0.15, -0.1) is 0 Å². The van der Waals surface area contributed by atoms with Gasteiger partial charge in [-0.2, -0.15) is 5.10 Å². The molecule has 0 unspecified atom stereocenters. The van der Waals surface area contributed by atoms with E-state index in [1.807, 2.05) is 23.0 Å². The molecule has 0 amide bonds. The van der Waals surface area contributed by atoms with E-state index in [4.69, 9.17) is 0 Å². The molecular weight excluding hydrogens is 224 g/mol. The minimum atomic E-state index is 0.995. The lowest BCUT2D eigenvalue weighted by Gasteiger charge is -2.18. The van der Waals surface area contributed by atoms with Crippen LogP contribution in [-0.2, 0) is 6.54 Å². The Morgan fingerprint density at radius 3 is 2.78 bits per heavy atom. The Balaban J connectivity index is 1.87. The molecule has 4 nitrogen and oxygen atoms in total. The van der Waals surface area contributed by atoms with E-state index < -0.39 is 0 Å². The molecule has 2 rings (SSSR count). The third-order valence-electron chi connectivity index (χ3n) is 3.06. The predicted octanol–water partition coefficient (Wildman–Crippen LogP) is 1.72. The molecule has 0 spiro atoms. The van der Waals surface area contributed by atoms with E-state index in [9.17, 15) is 0 Å². The summed E-state index contributed by atoms with van der Waals surface area (Å²) in [7, 11) is 6.41. The van der Waals surface area contributed by atoms with Crippen LogP contribution in [0.3, 0.4) is 0 Å². The molecule has 0 N–H and O–H groups in total. The number of fused-ring (bicyclic) bond motifs is 1. The summed E-state index contributed by atoms with van der Waals surface area (Å²) in [5, 5.41) is 4.21. The fraction of sp³-hybridized carbons (Fsp3) is 0.500. The van der Waals surface area contributed by atoms with Gasteiger partial charge in [0.05, 0.1) is 5.52 Å². The van der Waals surface area contributed by atoms with Crippen LogP contribution in [0, 0.1) is 0 Å². The Morgan fingerprint density at radius 2 is 2.00 bits per heavy atom. The summed E-state index contributed by atoms with van der Waals surface area (Å²) in [6, 6.07) is 6.38. The van der Waals surface area contributed by atoms with Gasteiger partial charge in [0.1, 0.15) is 0 Å². The molecule has 2 heterocycles. The van der Waals surface area contributed by atoms with Gasteiger partial charge in [-0.05, 0) is 64.4 Å². The monoisotopic (exact) mass is 246 g/mol. The average molecular weight is 246 g/mol. The van der Waals surface area contributed by atoms with Crippen molar-refractivity contribution in [2.45, 2.75) is 13.0 Å². The van der Waals surface area contributed by atoms with Crippen molar-refractivity contribution in [3.63, 3.8) is 0 Å². The second kappa shape index (κ2) is 5.98. The molecule has 0 atom stereocenters. The Hall–Kier alpha value is -1.39. The summed E-state index contributed by atoms with van der Waals surface area (Å²) in [6.45, 7) is 3.27. The smallest absolute Gasteiger partial charge is 0.0664 e. The van der Waals surface area contributed by atoms with Crippen LogP contribution in [-0.4, -0.2) is 53.6 Å². The third kappa shape index (κ3) is 3.55. The SMILES string of the molecule is CN(C)CCCN(C)Cc1ccn2nccc2c1. The first kappa shape index (κ1) is 13.1. The number of pyridine rings is 1. The lowest BCUT2D eigenvalue weighted by molar-refractivity contribution is 0.294. The molecule has 0 saturated heterocycles. The van der Waals surface area contributed by atoms with Gasteiger partial charge in [0, 0.05) is 18.9 Å². The summed E-state index contributed by atoms with van der Waals surface area (Å²) < 4.78 is 1.90. The van der Waals surface area contributed by atoms with Crippen LogP contribution >= 0.6 is 0 Å². The summed E-state index contributed by atoms with van der Waals surface area (Å²) in [6.07, 6.45) is 5.07. The highest BCUT2D eigenvalue weighted by Gasteiger charge is 2.02. The Bertz CT molecular complexity index is 489. The van der Waals surface area contributed by atoms with Crippen LogP contribution in [0.1, 0.15) is 12.0 Å². The third-order valence-corrected chi connectivity index (χ3v) is 3.06. The minimum absolute atomic E-state index is 0.995. The van der Waals surface area contributed by atoms with Gasteiger partial charge in [0.2, 0.25) is 0 Å². The molecule has 0 aliphatic carbocycles. The van der Waals surface area contributed by atoms with Crippen LogP contribution in [0.5, 0.6) is 0 Å². The second-order valence-electron chi connectivity index (χ2n) is 5.13. The molecule has 2 aromatic rings. The number of rotatable bonds is 6. The largest absolute Gasteiger partial charge is 0.309 e. The highest BCUT2D eigenvalue weighted by Crippen LogP contribution is 2.08. The first-order valence-electron chi connectivity index (χ1n) is 6.41. The fourth-order valence-corrected chi connectivity index (χ4v) is 2.11. The number of nitrogens with zero attached hydrogens (tertiary/aromatic N) is 4. The van der Waals surface area contributed by atoms with E-state index >= 15 is 0 Å². The van der Waals surface area contributed by atoms with Gasteiger partial charge in [-0.3, -0.25) is 0 Å². The number of hydrogen-bond donors (Lipinski definition) is 0. The van der Waals surface area contributed by atoms with Crippen molar-refractivity contribution >= 4 is 5.52 Å². The lowest BCUT2D eigenvalue weighted by atomic mass is 10.2. The van der Waals surface area contributed by atoms with Crippen molar-refractivity contribution < 1.29 is 0 Å². The number of hydrogen-bond acceptors (Lipinski definition) is 3. The summed E-state index contributed by atoms with van der Waals surface area (Å²) in [4.78, 5) is 4.60. The fourth-order valence-electron chi connectivity index (χ4n) is 2.11. The van der Waals surface area contributed by atoms with Gasteiger partial charge in [0.15, 0.2) is 0 Å². The van der Waals surface area contributed by atoms with E-state index in [2.05, 4.69) is 48.2 Å². The Kier molecular flexibility index (Phi) is 4.33. The van der Waals surface area contributed by atoms with Crippen molar-refractivity contribution in [1.29, 1.82) is 0 Å². The molecule has 0 saturated carbocycles. The van der Waals surface area contributed by atoms with Crippen molar-refractivity contribution in [3.8, 4) is 0 Å². The summed E-state index contributed by atoms with van der Waals surface area (Å²) in [5.41, 5.74) is 2.50. The summed E-state index contributed by atoms with van der Waals surface area (Å²) in [5.74, 6) is 0. The highest BCUT2D eigenvalue weighted by molar-refractivity contribution is 5.47. The van der Waals surface area contributed by atoms with Gasteiger partial charge < -0.3 is 9.80 Å². The first-order valence-corrected chi connectivity index (χ1v) is 6.41. The predicted molar refractivity (Wildman–Crippen MR) is 74.7 cm³/mol. The van der Waals surface area contributed by atoms with Crippen LogP contribution in [0.15, 0.2) is 30.6 Å². The zero-order valence-corrected chi connectivity index (χ0v) is 11.5. The van der Waals surface area contributed by atoms with Gasteiger partial charge in [0.25, 0.3) is 0 Å². The normalized spacial score (nSPS) is 11.8. The Labute approximate surface area is 109 Å². The molecule has 98 valence electrons. The molecule has 4 heteroatoms. The molecule has 2 aromatic heterocycles. The van der Waals surface area contributed by atoms with Crippen molar-refractivity contribution in [1.82, 2.24) is 19.4 Å². The molecular formula is C14H22N4. The number of aromatic nitrogens is 2. The second-order valence-corrected chi connectivity index (χ2v) is 5.13. The average Bonchev–Trinajstić information content (AvgIpc) is 2.75. The first-order chi connectivity index (χ1) is 8.65. The molecule has 0 fully saturated rings. The quantitative estimate of drug-likeness (QED) is 0.775. The zero-order chi connectivity index (χ0) is 13.0. The van der Waals surface area contributed by atoms with Crippen molar-refractivity contribution in [3.05, 3.63) is 36.2 Å². The maximum absolute atomic E-state index is 4.21. The van der Waals surface area contributed by atoms with E-state index in [0.717, 1.165) is 25.2 Å². The van der Waals surface area contributed by atoms with Crippen LogP contribution in [0.4, 0.5) is 0 Å². The zero-order valence-electron chi connectivity index (χ0n) is 11.5. The summed E-state index contributed by atoms with van der Waals surface area (Å²) >= 11 is 0. The molecule has 0 aliphatic heterocycles. The molecule has 0 aliphatic rings. The minimum Gasteiger partial charge on any atom is -0.309 e. The Morgan fingerprint density at radius 1 is 1.17 bits per heavy atom. The van der Waals surface area contributed by atoms with E-state index in [0.29, 0.717) is 0 Å². The van der Waals surface area contributed by atoms with E-state index in [1.54, 1.807) is 0 Å². The molecule has 0 aromatic carbocycles. The lowest BCUT2D eigenvalue weighted by Crippen LogP contribution is -2.23. The van der Waals surface area contributed by atoms with Gasteiger partial charge in [-0.1, -0.05) is 0 Å². The molecule has 0 radical (unpaired) electrons. The van der Waals surface area contributed by atoms with Crippen molar-refractivity contribution in [2.24, 2.45) is 0 Å². The van der Waals surface area contributed by atoms with Crippen LogP contribution in [0.2, 0.25) is 0 Å². The van der Waals surface area contributed by atoms with Gasteiger partial charge >= 0.3 is 0 Å². The molecule has 18 heavy (non-hydrogen) atoms. The highest BCUT2D eigenvalue weighted by atomic mass is 15.2. The van der Waals surface area contributed by atoms with Crippen LogP contribution in [0.25, 0.3) is 5.52 Å². The van der Waals surface area contributed by atoms with Crippen molar-refractivity contribution in [2.75, 3.05) is 34.2 Å². The standard InChI is InChI=1S/C14H22N4/c1-16(2)8-4-9-17(3)12-13-6-10-18-14(11-13)5-7-15-18/h5-7,10-11H,4,8-9,12H2,1-3H3. The maximum Gasteiger partial charge on any atom is 0.0664 e. The molecule has 0 bridgehead atoms.